The van der Waals surface area contributed by atoms with Gasteiger partial charge in [-0.2, -0.15) is 5.10 Å². The first kappa shape index (κ1) is 14.5. The summed E-state index contributed by atoms with van der Waals surface area (Å²) in [7, 11) is 0. The van der Waals surface area contributed by atoms with E-state index in [-0.39, 0.29) is 11.4 Å². The fourth-order valence-corrected chi connectivity index (χ4v) is 2.14. The Morgan fingerprint density at radius 2 is 2.18 bits per heavy atom. The lowest BCUT2D eigenvalue weighted by Gasteiger charge is -2.36. The van der Waals surface area contributed by atoms with Crippen LogP contribution in [0.2, 0.25) is 0 Å². The molecule has 0 radical (unpaired) electrons. The van der Waals surface area contributed by atoms with Crippen molar-refractivity contribution in [2.24, 2.45) is 5.41 Å². The molecule has 1 saturated heterocycles. The van der Waals surface area contributed by atoms with Gasteiger partial charge >= 0.3 is 5.97 Å². The molecule has 0 spiro atoms. The van der Waals surface area contributed by atoms with Crippen LogP contribution in [0.25, 0.3) is 11.8 Å². The zero-order valence-electron chi connectivity index (χ0n) is 12.4. The smallest absolute Gasteiger partial charge is 0.330 e. The lowest BCUT2D eigenvalue weighted by molar-refractivity contribution is -0.160. The maximum Gasteiger partial charge on any atom is 0.330 e. The molecule has 0 aliphatic carbocycles. The van der Waals surface area contributed by atoms with Crippen molar-refractivity contribution in [3.05, 3.63) is 54.4 Å². The number of benzene rings is 1. The van der Waals surface area contributed by atoms with Crippen molar-refractivity contribution in [1.82, 2.24) is 9.78 Å². The highest BCUT2D eigenvalue weighted by atomic mass is 16.5. The molecule has 22 heavy (non-hydrogen) atoms. The van der Waals surface area contributed by atoms with Crippen LogP contribution >= 0.6 is 0 Å². The number of carbonyl (C=O) groups excluding carboxylic acids is 1. The van der Waals surface area contributed by atoms with Crippen molar-refractivity contribution in [1.29, 1.82) is 0 Å². The van der Waals surface area contributed by atoms with E-state index in [2.05, 4.69) is 5.10 Å². The van der Waals surface area contributed by atoms with Crippen LogP contribution in [-0.2, 0) is 14.3 Å². The van der Waals surface area contributed by atoms with Gasteiger partial charge in [-0.25, -0.2) is 9.48 Å². The molecule has 1 aliphatic heterocycles. The van der Waals surface area contributed by atoms with Gasteiger partial charge in [0, 0.05) is 23.3 Å². The summed E-state index contributed by atoms with van der Waals surface area (Å²) in [6.07, 6.45) is 6.70. The largest absolute Gasteiger partial charge is 0.462 e. The van der Waals surface area contributed by atoms with Crippen LogP contribution in [0.4, 0.5) is 0 Å². The van der Waals surface area contributed by atoms with Crippen molar-refractivity contribution < 1.29 is 14.3 Å². The lowest BCUT2D eigenvalue weighted by Crippen LogP contribution is -2.43. The van der Waals surface area contributed by atoms with Crippen LogP contribution in [0.1, 0.15) is 12.5 Å². The molecule has 0 amide bonds. The molecule has 0 atom stereocenters. The average molecular weight is 298 g/mol. The second-order valence-corrected chi connectivity index (χ2v) is 5.80. The molecule has 0 bridgehead atoms. The summed E-state index contributed by atoms with van der Waals surface area (Å²) in [5, 5.41) is 4.27. The van der Waals surface area contributed by atoms with E-state index in [1.54, 1.807) is 17.0 Å². The Balaban J connectivity index is 1.56. The first-order chi connectivity index (χ1) is 10.6. The second-order valence-electron chi connectivity index (χ2n) is 5.80. The molecule has 0 unspecified atom stereocenters. The third kappa shape index (κ3) is 3.43. The highest BCUT2D eigenvalue weighted by Crippen LogP contribution is 2.26. The van der Waals surface area contributed by atoms with Gasteiger partial charge in [0.2, 0.25) is 0 Å². The summed E-state index contributed by atoms with van der Waals surface area (Å²) in [6, 6.07) is 9.80. The van der Waals surface area contributed by atoms with Crippen molar-refractivity contribution in [2.45, 2.75) is 6.92 Å². The van der Waals surface area contributed by atoms with Gasteiger partial charge in [0.1, 0.15) is 6.61 Å². The molecule has 0 N–H and O–H groups in total. The van der Waals surface area contributed by atoms with E-state index in [0.29, 0.717) is 19.8 Å². The Bertz CT molecular complexity index is 672. The number of hydrogen-bond acceptors (Lipinski definition) is 4. The first-order valence-electron chi connectivity index (χ1n) is 7.17. The molecule has 1 fully saturated rings. The summed E-state index contributed by atoms with van der Waals surface area (Å²) in [4.78, 5) is 11.7. The van der Waals surface area contributed by atoms with Gasteiger partial charge in [-0.15, -0.1) is 0 Å². The van der Waals surface area contributed by atoms with Gasteiger partial charge in [0.05, 0.1) is 25.1 Å². The maximum atomic E-state index is 11.7. The zero-order valence-corrected chi connectivity index (χ0v) is 12.4. The topological polar surface area (TPSA) is 53.3 Å². The molecular weight excluding hydrogens is 280 g/mol. The molecule has 1 aromatic heterocycles. The lowest BCUT2D eigenvalue weighted by atomic mass is 9.90. The first-order valence-corrected chi connectivity index (χ1v) is 7.17. The highest BCUT2D eigenvalue weighted by molar-refractivity contribution is 5.86. The summed E-state index contributed by atoms with van der Waals surface area (Å²) < 4.78 is 12.1. The molecule has 5 nitrogen and oxygen atoms in total. The van der Waals surface area contributed by atoms with Crippen LogP contribution in [0.3, 0.4) is 0 Å². The van der Waals surface area contributed by atoms with E-state index in [1.165, 1.54) is 6.08 Å². The van der Waals surface area contributed by atoms with E-state index in [1.807, 2.05) is 43.5 Å². The molecule has 3 rings (SSSR count). The van der Waals surface area contributed by atoms with Crippen LogP contribution in [0, 0.1) is 5.41 Å². The summed E-state index contributed by atoms with van der Waals surface area (Å²) >= 11 is 0. The van der Waals surface area contributed by atoms with Gasteiger partial charge < -0.3 is 9.47 Å². The monoisotopic (exact) mass is 298 g/mol. The van der Waals surface area contributed by atoms with Crippen LogP contribution in [0.15, 0.2) is 48.8 Å². The van der Waals surface area contributed by atoms with Gasteiger partial charge in [0.25, 0.3) is 0 Å². The number of carbonyl (C=O) groups is 1. The normalized spacial score (nSPS) is 16.4. The maximum absolute atomic E-state index is 11.7. The van der Waals surface area contributed by atoms with E-state index >= 15 is 0 Å². The summed E-state index contributed by atoms with van der Waals surface area (Å²) in [6.45, 7) is 3.72. The molecule has 0 saturated carbocycles. The van der Waals surface area contributed by atoms with Gasteiger partial charge in [0.15, 0.2) is 0 Å². The number of ether oxygens (including phenoxy) is 2. The number of nitrogens with zero attached hydrogens (tertiary/aromatic N) is 2. The van der Waals surface area contributed by atoms with E-state index < -0.39 is 0 Å². The van der Waals surface area contributed by atoms with Crippen LogP contribution in [0.5, 0.6) is 0 Å². The molecule has 1 aliphatic rings. The second kappa shape index (κ2) is 6.15. The Kier molecular flexibility index (Phi) is 4.06. The van der Waals surface area contributed by atoms with Gasteiger partial charge in [-0.05, 0) is 18.2 Å². The SMILES string of the molecule is CC1(COC(=O)/C=C/c2cnn(-c3ccccc3)c2)COC1. The van der Waals surface area contributed by atoms with Crippen molar-refractivity contribution >= 4 is 12.0 Å². The third-order valence-corrected chi connectivity index (χ3v) is 3.50. The third-order valence-electron chi connectivity index (χ3n) is 3.50. The summed E-state index contributed by atoms with van der Waals surface area (Å²) in [5.74, 6) is -0.347. The molecular formula is C17H18N2O3. The van der Waals surface area contributed by atoms with E-state index in [9.17, 15) is 4.79 Å². The van der Waals surface area contributed by atoms with Gasteiger partial charge in [-0.3, -0.25) is 0 Å². The van der Waals surface area contributed by atoms with Crippen LogP contribution < -0.4 is 0 Å². The minimum absolute atomic E-state index is 0.0261. The number of rotatable bonds is 5. The minimum atomic E-state index is -0.347. The Hall–Kier alpha value is -2.40. The Labute approximate surface area is 129 Å². The minimum Gasteiger partial charge on any atom is -0.462 e. The van der Waals surface area contributed by atoms with Crippen molar-refractivity contribution in [3.63, 3.8) is 0 Å². The van der Waals surface area contributed by atoms with Crippen molar-refractivity contribution in [3.8, 4) is 5.69 Å². The van der Waals surface area contributed by atoms with Gasteiger partial charge in [-0.1, -0.05) is 25.1 Å². The zero-order chi connectivity index (χ0) is 15.4. The fraction of sp³-hybridized carbons (Fsp3) is 0.294. The quantitative estimate of drug-likeness (QED) is 0.628. The Morgan fingerprint density at radius 3 is 2.86 bits per heavy atom. The van der Waals surface area contributed by atoms with Crippen molar-refractivity contribution in [2.75, 3.05) is 19.8 Å². The van der Waals surface area contributed by atoms with E-state index in [4.69, 9.17) is 9.47 Å². The van der Waals surface area contributed by atoms with E-state index in [0.717, 1.165) is 11.3 Å². The predicted molar refractivity (Wildman–Crippen MR) is 82.5 cm³/mol. The number of hydrogen-bond donors (Lipinski definition) is 0. The molecule has 114 valence electrons. The average Bonchev–Trinajstić information content (AvgIpc) is 2.99. The molecule has 2 aromatic rings. The number of para-hydroxylation sites is 1. The summed E-state index contributed by atoms with van der Waals surface area (Å²) in [5.41, 5.74) is 1.79. The number of esters is 1. The molecule has 1 aromatic carbocycles. The molecule has 5 heteroatoms. The molecule has 2 heterocycles. The highest BCUT2D eigenvalue weighted by Gasteiger charge is 2.34. The fourth-order valence-electron chi connectivity index (χ4n) is 2.14. The predicted octanol–water partition coefficient (Wildman–Crippen LogP) is 2.47. The Morgan fingerprint density at radius 1 is 1.41 bits per heavy atom. The van der Waals surface area contributed by atoms with Crippen LogP contribution in [-0.4, -0.2) is 35.6 Å². The number of aromatic nitrogens is 2. The standard InChI is InChI=1S/C17H18N2O3/c1-17(11-21-12-17)13-22-16(20)8-7-14-9-18-19(10-14)15-5-3-2-4-6-15/h2-10H,11-13H2,1H3/b8-7+.